The van der Waals surface area contributed by atoms with E-state index in [1.54, 1.807) is 0 Å². The second-order valence-electron chi connectivity index (χ2n) is 4.16. The van der Waals surface area contributed by atoms with E-state index in [2.05, 4.69) is 10.2 Å². The second kappa shape index (κ2) is 4.91. The van der Waals surface area contributed by atoms with Gasteiger partial charge in [0.05, 0.1) is 6.42 Å². The molecule has 1 aromatic carbocycles. The maximum Gasteiger partial charge on any atom is 0.247 e. The molecule has 0 saturated heterocycles. The molecule has 4 heteroatoms. The highest BCUT2D eigenvalue weighted by Gasteiger charge is 2.14. The lowest BCUT2D eigenvalue weighted by molar-refractivity contribution is -0.121. The molecule has 0 unspecified atom stereocenters. The second-order valence-corrected chi connectivity index (χ2v) is 4.16. The average molecular weight is 230 g/mol. The highest BCUT2D eigenvalue weighted by atomic mass is 16.4. The number of carbonyl (C=O) groups excluding carboxylic acids is 1. The molecule has 17 heavy (non-hydrogen) atoms. The summed E-state index contributed by atoms with van der Waals surface area (Å²) in [6.07, 6.45) is 0.206. The minimum absolute atomic E-state index is 0.0120. The minimum Gasteiger partial charge on any atom is -0.420 e. The van der Waals surface area contributed by atoms with Crippen LogP contribution in [0.2, 0.25) is 0 Å². The van der Waals surface area contributed by atoms with Gasteiger partial charge in [-0.05, 0) is 12.1 Å². The molecule has 0 bridgehead atoms. The van der Waals surface area contributed by atoms with Gasteiger partial charge in [0.1, 0.15) is 5.78 Å². The van der Waals surface area contributed by atoms with Gasteiger partial charge in [-0.15, -0.1) is 10.2 Å². The molecule has 2 rings (SSSR count). The van der Waals surface area contributed by atoms with Crippen LogP contribution < -0.4 is 0 Å². The predicted octanol–water partition coefficient (Wildman–Crippen LogP) is 2.50. The van der Waals surface area contributed by atoms with Crippen molar-refractivity contribution in [3.63, 3.8) is 0 Å². The molecular formula is C13H14N2O2. The standard InChI is InChI=1S/C13H14N2O2/c1-9(2)11(16)8-12-14-15-13(17-12)10-6-4-3-5-7-10/h3-7,9H,8H2,1-2H3. The summed E-state index contributed by atoms with van der Waals surface area (Å²) in [6.45, 7) is 3.72. The lowest BCUT2D eigenvalue weighted by atomic mass is 10.1. The van der Waals surface area contributed by atoms with Gasteiger partial charge < -0.3 is 4.42 Å². The number of ketones is 1. The third-order valence-electron chi connectivity index (χ3n) is 2.46. The number of carbonyl (C=O) groups is 1. The van der Waals surface area contributed by atoms with E-state index in [0.29, 0.717) is 11.8 Å². The normalized spacial score (nSPS) is 10.8. The molecule has 88 valence electrons. The number of hydrogen-bond donors (Lipinski definition) is 0. The third-order valence-corrected chi connectivity index (χ3v) is 2.46. The fraction of sp³-hybridized carbons (Fsp3) is 0.308. The van der Waals surface area contributed by atoms with Gasteiger partial charge >= 0.3 is 0 Å². The molecule has 0 amide bonds. The highest BCUT2D eigenvalue weighted by Crippen LogP contribution is 2.17. The molecule has 0 fully saturated rings. The molecule has 0 aliphatic rings. The topological polar surface area (TPSA) is 56.0 Å². The number of rotatable bonds is 4. The van der Waals surface area contributed by atoms with Crippen molar-refractivity contribution < 1.29 is 9.21 Å². The van der Waals surface area contributed by atoms with Gasteiger partial charge in [0.2, 0.25) is 11.8 Å². The zero-order chi connectivity index (χ0) is 12.3. The number of Topliss-reactive ketones (excluding diaryl/α,β-unsaturated/α-hetero) is 1. The lowest BCUT2D eigenvalue weighted by Gasteiger charge is -1.99. The van der Waals surface area contributed by atoms with Crippen LogP contribution in [0.5, 0.6) is 0 Å². The van der Waals surface area contributed by atoms with Crippen LogP contribution in [0.1, 0.15) is 19.7 Å². The van der Waals surface area contributed by atoms with Gasteiger partial charge in [0.15, 0.2) is 0 Å². The van der Waals surface area contributed by atoms with E-state index in [-0.39, 0.29) is 18.1 Å². The first kappa shape index (κ1) is 11.5. The number of hydrogen-bond acceptors (Lipinski definition) is 4. The van der Waals surface area contributed by atoms with Crippen molar-refractivity contribution in [3.05, 3.63) is 36.2 Å². The van der Waals surface area contributed by atoms with Crippen LogP contribution in [-0.2, 0) is 11.2 Å². The fourth-order valence-corrected chi connectivity index (χ4v) is 1.38. The van der Waals surface area contributed by atoms with Crippen LogP contribution >= 0.6 is 0 Å². The Kier molecular flexibility index (Phi) is 3.32. The Balaban J connectivity index is 2.14. The van der Waals surface area contributed by atoms with E-state index >= 15 is 0 Å². The van der Waals surface area contributed by atoms with Gasteiger partial charge in [0, 0.05) is 11.5 Å². The molecule has 0 spiro atoms. The minimum atomic E-state index is -0.0120. The van der Waals surface area contributed by atoms with Crippen molar-refractivity contribution in [2.45, 2.75) is 20.3 Å². The highest BCUT2D eigenvalue weighted by molar-refractivity contribution is 5.81. The molecule has 0 aliphatic heterocycles. The van der Waals surface area contributed by atoms with Crippen LogP contribution in [-0.4, -0.2) is 16.0 Å². The van der Waals surface area contributed by atoms with Gasteiger partial charge in [-0.25, -0.2) is 0 Å². The van der Waals surface area contributed by atoms with Crippen LogP contribution in [0.25, 0.3) is 11.5 Å². The molecular weight excluding hydrogens is 216 g/mol. The largest absolute Gasteiger partial charge is 0.420 e. The summed E-state index contributed by atoms with van der Waals surface area (Å²) in [5, 5.41) is 7.81. The maximum atomic E-state index is 11.5. The quantitative estimate of drug-likeness (QED) is 0.809. The van der Waals surface area contributed by atoms with Crippen molar-refractivity contribution in [2.75, 3.05) is 0 Å². The predicted molar refractivity (Wildman–Crippen MR) is 63.3 cm³/mol. The molecule has 2 aromatic rings. The molecule has 0 radical (unpaired) electrons. The first-order chi connectivity index (χ1) is 8.16. The van der Waals surface area contributed by atoms with E-state index < -0.39 is 0 Å². The summed E-state index contributed by atoms with van der Waals surface area (Å²) in [5.41, 5.74) is 0.864. The first-order valence-corrected chi connectivity index (χ1v) is 5.57. The van der Waals surface area contributed by atoms with Gasteiger partial charge in [-0.3, -0.25) is 4.79 Å². The molecule has 1 heterocycles. The van der Waals surface area contributed by atoms with Crippen molar-refractivity contribution in [3.8, 4) is 11.5 Å². The van der Waals surface area contributed by atoms with Crippen LogP contribution in [0, 0.1) is 5.92 Å². The van der Waals surface area contributed by atoms with Crippen molar-refractivity contribution in [2.24, 2.45) is 5.92 Å². The Morgan fingerprint density at radius 1 is 1.24 bits per heavy atom. The van der Waals surface area contributed by atoms with Crippen molar-refractivity contribution in [1.82, 2.24) is 10.2 Å². The van der Waals surface area contributed by atoms with Gasteiger partial charge in [-0.1, -0.05) is 32.0 Å². The first-order valence-electron chi connectivity index (χ1n) is 5.57. The van der Waals surface area contributed by atoms with Crippen molar-refractivity contribution >= 4 is 5.78 Å². The molecule has 0 N–H and O–H groups in total. The summed E-state index contributed by atoms with van der Waals surface area (Å²) in [6, 6.07) is 9.50. The monoisotopic (exact) mass is 230 g/mol. The zero-order valence-electron chi connectivity index (χ0n) is 9.88. The van der Waals surface area contributed by atoms with Crippen LogP contribution in [0.15, 0.2) is 34.7 Å². The van der Waals surface area contributed by atoms with E-state index in [9.17, 15) is 4.79 Å². The summed E-state index contributed by atoms with van der Waals surface area (Å²) < 4.78 is 5.45. The SMILES string of the molecule is CC(C)C(=O)Cc1nnc(-c2ccccc2)o1. The Hall–Kier alpha value is -1.97. The summed E-state index contributed by atoms with van der Waals surface area (Å²) in [5.74, 6) is 0.926. The summed E-state index contributed by atoms with van der Waals surface area (Å²) in [7, 11) is 0. The lowest BCUT2D eigenvalue weighted by Crippen LogP contribution is -2.10. The summed E-state index contributed by atoms with van der Waals surface area (Å²) >= 11 is 0. The molecule has 4 nitrogen and oxygen atoms in total. The summed E-state index contributed by atoms with van der Waals surface area (Å²) in [4.78, 5) is 11.5. The number of nitrogens with zero attached hydrogens (tertiary/aromatic N) is 2. The average Bonchev–Trinajstić information content (AvgIpc) is 2.78. The van der Waals surface area contributed by atoms with Gasteiger partial charge in [-0.2, -0.15) is 0 Å². The van der Waals surface area contributed by atoms with Gasteiger partial charge in [0.25, 0.3) is 0 Å². The zero-order valence-corrected chi connectivity index (χ0v) is 9.88. The van der Waals surface area contributed by atoms with E-state index in [1.165, 1.54) is 0 Å². The Morgan fingerprint density at radius 3 is 2.59 bits per heavy atom. The van der Waals surface area contributed by atoms with Crippen molar-refractivity contribution in [1.29, 1.82) is 0 Å². The molecule has 0 saturated carbocycles. The smallest absolute Gasteiger partial charge is 0.247 e. The number of benzene rings is 1. The Morgan fingerprint density at radius 2 is 1.94 bits per heavy atom. The van der Waals surface area contributed by atoms with E-state index in [1.807, 2.05) is 44.2 Å². The third kappa shape index (κ3) is 2.78. The molecule has 0 aliphatic carbocycles. The van der Waals surface area contributed by atoms with Crippen LogP contribution in [0.3, 0.4) is 0 Å². The number of aromatic nitrogens is 2. The molecule has 0 atom stereocenters. The van der Waals surface area contributed by atoms with E-state index in [0.717, 1.165) is 5.56 Å². The maximum absolute atomic E-state index is 11.5. The molecule has 1 aromatic heterocycles. The van der Waals surface area contributed by atoms with Crippen LogP contribution in [0.4, 0.5) is 0 Å². The Bertz CT molecular complexity index is 503. The Labute approximate surface area is 99.7 Å². The fourth-order valence-electron chi connectivity index (χ4n) is 1.38. The van der Waals surface area contributed by atoms with E-state index in [4.69, 9.17) is 4.42 Å².